The molecule has 0 saturated heterocycles. The Balaban J connectivity index is 1.67. The molecule has 2 aromatic carbocycles. The minimum atomic E-state index is -4.67. The van der Waals surface area contributed by atoms with E-state index in [-0.39, 0.29) is 23.7 Å². The third-order valence-electron chi connectivity index (χ3n) is 6.95. The number of fused-ring (bicyclic) bond motifs is 2. The lowest BCUT2D eigenvalue weighted by Gasteiger charge is -2.24. The molecule has 2 aromatic heterocycles. The van der Waals surface area contributed by atoms with E-state index >= 15 is 0 Å². The molecular weight excluding hydrogens is 503 g/mol. The largest absolute Gasteiger partial charge is 0.494 e. The molecule has 38 heavy (non-hydrogen) atoms. The van der Waals surface area contributed by atoms with E-state index in [1.807, 2.05) is 13.0 Å². The number of aryl methyl sites for hydroxylation is 1. The molecule has 198 valence electrons. The zero-order chi connectivity index (χ0) is 27.2. The normalized spacial score (nSPS) is 17.8. The molecule has 0 bridgehead atoms. The van der Waals surface area contributed by atoms with Crippen LogP contribution >= 0.6 is 0 Å². The number of rotatable bonds is 6. The third kappa shape index (κ3) is 4.66. The number of hydrogen-bond acceptors (Lipinski definition) is 4. The topological polar surface area (TPSA) is 44.2 Å². The van der Waals surface area contributed by atoms with Crippen molar-refractivity contribution in [1.82, 2.24) is 9.97 Å². The first kappa shape index (κ1) is 25.9. The fourth-order valence-corrected chi connectivity index (χ4v) is 4.83. The summed E-state index contributed by atoms with van der Waals surface area (Å²) < 4.78 is 82.8. The Morgan fingerprint density at radius 1 is 1.11 bits per heavy atom. The zero-order valence-electron chi connectivity index (χ0n) is 21.0. The van der Waals surface area contributed by atoms with Crippen LogP contribution in [0, 0.1) is 12.7 Å². The monoisotopic (exact) mass is 528 g/mol. The second-order valence-corrected chi connectivity index (χ2v) is 9.94. The number of hydrogen-bond donors (Lipinski definition) is 0. The molecule has 1 aliphatic rings. The fourth-order valence-electron chi connectivity index (χ4n) is 4.83. The van der Waals surface area contributed by atoms with Gasteiger partial charge in [0.2, 0.25) is 0 Å². The second kappa shape index (κ2) is 9.53. The number of alkyl halides is 4. The number of halogens is 5. The van der Waals surface area contributed by atoms with Crippen LogP contribution in [0.4, 0.5) is 22.0 Å². The molecule has 0 amide bonds. The van der Waals surface area contributed by atoms with E-state index in [1.54, 1.807) is 25.3 Å². The number of pyridine rings is 2. The van der Waals surface area contributed by atoms with E-state index in [9.17, 15) is 22.0 Å². The van der Waals surface area contributed by atoms with Crippen LogP contribution in [-0.4, -0.2) is 36.5 Å². The van der Waals surface area contributed by atoms with Gasteiger partial charge in [0, 0.05) is 22.7 Å². The SMILES string of the molecule is COc1cc(CC(c2cc3c(c(-c4ccc(F)cc4)n2)OCC3(C)CF)C(F)(F)F)cc2cc(C)cnc12. The van der Waals surface area contributed by atoms with Crippen LogP contribution < -0.4 is 9.47 Å². The van der Waals surface area contributed by atoms with Crippen LogP contribution in [0.15, 0.2) is 54.7 Å². The molecule has 0 N–H and O–H groups in total. The Hall–Kier alpha value is -3.75. The first-order valence-corrected chi connectivity index (χ1v) is 12.0. The Bertz CT molecular complexity index is 1500. The molecule has 4 nitrogen and oxygen atoms in total. The third-order valence-corrected chi connectivity index (χ3v) is 6.95. The Labute approximate surface area is 216 Å². The summed E-state index contributed by atoms with van der Waals surface area (Å²) in [5.74, 6) is -1.92. The van der Waals surface area contributed by atoms with Gasteiger partial charge in [0.25, 0.3) is 0 Å². The minimum absolute atomic E-state index is 0.0386. The van der Waals surface area contributed by atoms with Gasteiger partial charge in [-0.2, -0.15) is 13.2 Å². The molecule has 0 aliphatic carbocycles. The van der Waals surface area contributed by atoms with Gasteiger partial charge in [-0.15, -0.1) is 0 Å². The van der Waals surface area contributed by atoms with Gasteiger partial charge in [0.05, 0.1) is 18.2 Å². The number of aromatic nitrogens is 2. The molecule has 0 radical (unpaired) electrons. The highest BCUT2D eigenvalue weighted by Crippen LogP contribution is 2.47. The summed E-state index contributed by atoms with van der Waals surface area (Å²) in [4.78, 5) is 8.75. The summed E-state index contributed by atoms with van der Waals surface area (Å²) >= 11 is 0. The minimum Gasteiger partial charge on any atom is -0.494 e. The van der Waals surface area contributed by atoms with Crippen LogP contribution in [0.1, 0.15) is 35.2 Å². The molecule has 4 aromatic rings. The van der Waals surface area contributed by atoms with Crippen LogP contribution in [0.25, 0.3) is 22.2 Å². The van der Waals surface area contributed by atoms with E-state index < -0.39 is 36.4 Å². The van der Waals surface area contributed by atoms with E-state index in [4.69, 9.17) is 9.47 Å². The van der Waals surface area contributed by atoms with E-state index in [2.05, 4.69) is 9.97 Å². The molecule has 2 atom stereocenters. The van der Waals surface area contributed by atoms with Crippen molar-refractivity contribution in [1.29, 1.82) is 0 Å². The maximum atomic E-state index is 14.6. The van der Waals surface area contributed by atoms with Crippen LogP contribution in [-0.2, 0) is 11.8 Å². The van der Waals surface area contributed by atoms with E-state index in [0.717, 1.165) is 5.56 Å². The summed E-state index contributed by atoms with van der Waals surface area (Å²) in [7, 11) is 1.44. The number of methoxy groups -OCH3 is 1. The predicted octanol–water partition coefficient (Wildman–Crippen LogP) is 7.26. The number of benzene rings is 2. The van der Waals surface area contributed by atoms with Crippen molar-refractivity contribution in [3.05, 3.63) is 82.9 Å². The van der Waals surface area contributed by atoms with Crippen LogP contribution in [0.5, 0.6) is 11.5 Å². The van der Waals surface area contributed by atoms with Gasteiger partial charge >= 0.3 is 6.18 Å². The van der Waals surface area contributed by atoms with Gasteiger partial charge < -0.3 is 9.47 Å². The maximum Gasteiger partial charge on any atom is 0.397 e. The smallest absolute Gasteiger partial charge is 0.397 e. The van der Waals surface area contributed by atoms with Crippen molar-refractivity contribution in [2.75, 3.05) is 20.4 Å². The quantitative estimate of drug-likeness (QED) is 0.247. The highest BCUT2D eigenvalue weighted by atomic mass is 19.4. The molecule has 2 unspecified atom stereocenters. The van der Waals surface area contributed by atoms with Crippen molar-refractivity contribution in [2.24, 2.45) is 0 Å². The van der Waals surface area contributed by atoms with Gasteiger partial charge in [-0.1, -0.05) is 0 Å². The summed E-state index contributed by atoms with van der Waals surface area (Å²) in [6.45, 7) is 2.59. The molecule has 0 fully saturated rings. The first-order chi connectivity index (χ1) is 18.0. The Morgan fingerprint density at radius 2 is 1.84 bits per heavy atom. The average Bonchev–Trinajstić information content (AvgIpc) is 3.22. The summed E-state index contributed by atoms with van der Waals surface area (Å²) in [5, 5.41) is 0.660. The van der Waals surface area contributed by atoms with Gasteiger partial charge in [-0.25, -0.2) is 13.8 Å². The molecule has 0 saturated carbocycles. The number of nitrogens with zero attached hydrogens (tertiary/aromatic N) is 2. The lowest BCUT2D eigenvalue weighted by molar-refractivity contribution is -0.151. The van der Waals surface area contributed by atoms with E-state index in [0.29, 0.717) is 33.3 Å². The van der Waals surface area contributed by atoms with Crippen molar-refractivity contribution >= 4 is 10.9 Å². The van der Waals surface area contributed by atoms with Crippen LogP contribution in [0.2, 0.25) is 0 Å². The van der Waals surface area contributed by atoms with Gasteiger partial charge in [-0.3, -0.25) is 4.98 Å². The first-order valence-electron chi connectivity index (χ1n) is 12.0. The highest BCUT2D eigenvalue weighted by Gasteiger charge is 2.45. The zero-order valence-corrected chi connectivity index (χ0v) is 21.0. The standard InChI is InChI=1S/C29H25F5N2O2/c1-16-8-19-9-17(11-24(37-3)25(19)35-13-16)10-21(29(32,33)34)23-12-22-27(38-15-28(22,2)14-30)26(36-23)18-4-6-20(31)7-5-18/h4-9,11-13,21H,10,14-15H2,1-3H3. The van der Waals surface area contributed by atoms with Crippen molar-refractivity contribution in [3.8, 4) is 22.8 Å². The van der Waals surface area contributed by atoms with Gasteiger partial charge in [0.1, 0.15) is 47.7 Å². The summed E-state index contributed by atoms with van der Waals surface area (Å²) in [5.41, 5.74) is 1.22. The van der Waals surface area contributed by atoms with Crippen molar-refractivity contribution in [2.45, 2.75) is 37.8 Å². The van der Waals surface area contributed by atoms with Crippen molar-refractivity contribution in [3.63, 3.8) is 0 Å². The maximum absolute atomic E-state index is 14.6. The second-order valence-electron chi connectivity index (χ2n) is 9.94. The lowest BCUT2D eigenvalue weighted by atomic mass is 9.83. The molecule has 5 rings (SSSR count). The molecule has 1 aliphatic heterocycles. The predicted molar refractivity (Wildman–Crippen MR) is 134 cm³/mol. The average molecular weight is 529 g/mol. The Kier molecular flexibility index (Phi) is 6.49. The van der Waals surface area contributed by atoms with E-state index in [1.165, 1.54) is 37.4 Å². The molecule has 0 spiro atoms. The fraction of sp³-hybridized carbons (Fsp3) is 0.310. The lowest BCUT2D eigenvalue weighted by Crippen LogP contribution is -2.28. The Morgan fingerprint density at radius 3 is 2.50 bits per heavy atom. The molecular formula is C29H25F5N2O2. The van der Waals surface area contributed by atoms with Crippen LogP contribution in [0.3, 0.4) is 0 Å². The number of ether oxygens (including phenoxy) is 2. The summed E-state index contributed by atoms with van der Waals surface area (Å²) in [6, 6.07) is 11.6. The molecule has 9 heteroatoms. The van der Waals surface area contributed by atoms with Gasteiger partial charge in [-0.05, 0) is 79.9 Å². The van der Waals surface area contributed by atoms with Gasteiger partial charge in [0.15, 0.2) is 0 Å². The summed E-state index contributed by atoms with van der Waals surface area (Å²) in [6.07, 6.45) is -3.43. The molecule has 3 heterocycles. The highest BCUT2D eigenvalue weighted by molar-refractivity contribution is 5.85. The van der Waals surface area contributed by atoms with Crippen molar-refractivity contribution < 1.29 is 31.4 Å².